The Morgan fingerprint density at radius 3 is 3.28 bits per heavy atom. The van der Waals surface area contributed by atoms with Crippen LogP contribution in [0.4, 0.5) is 0 Å². The van der Waals surface area contributed by atoms with Crippen molar-refractivity contribution < 1.29 is 4.74 Å². The van der Waals surface area contributed by atoms with Crippen LogP contribution in [0.15, 0.2) is 6.33 Å². The summed E-state index contributed by atoms with van der Waals surface area (Å²) in [5.41, 5.74) is 2.56. The first-order valence-corrected chi connectivity index (χ1v) is 6.78. The Labute approximate surface area is 108 Å². The molecule has 5 nitrogen and oxygen atoms in total. The molecule has 0 saturated carbocycles. The summed E-state index contributed by atoms with van der Waals surface area (Å²) in [5.74, 6) is 0. The smallest absolute Gasteiger partial charge is 0.0925 e. The van der Waals surface area contributed by atoms with E-state index in [-0.39, 0.29) is 5.54 Å². The molecule has 3 atom stereocenters. The van der Waals surface area contributed by atoms with Crippen LogP contribution < -0.4 is 10.6 Å². The van der Waals surface area contributed by atoms with Crippen LogP contribution in [0.5, 0.6) is 0 Å². The van der Waals surface area contributed by atoms with Crippen molar-refractivity contribution in [1.29, 1.82) is 0 Å². The van der Waals surface area contributed by atoms with Crippen LogP contribution in [0.1, 0.15) is 31.7 Å². The summed E-state index contributed by atoms with van der Waals surface area (Å²) in [7, 11) is 0. The normalized spacial score (nSPS) is 35.7. The number of H-pyrrole nitrogens is 1. The molecule has 3 unspecified atom stereocenters. The summed E-state index contributed by atoms with van der Waals surface area (Å²) in [6.07, 6.45) is 4.17. The van der Waals surface area contributed by atoms with Crippen LogP contribution in [0.2, 0.25) is 0 Å². The number of nitrogens with one attached hydrogen (secondary N) is 3. The lowest BCUT2D eigenvalue weighted by atomic mass is 9.93. The second kappa shape index (κ2) is 4.64. The van der Waals surface area contributed by atoms with Crippen molar-refractivity contribution in [2.24, 2.45) is 0 Å². The van der Waals surface area contributed by atoms with Crippen LogP contribution in [0.3, 0.4) is 0 Å². The lowest BCUT2D eigenvalue weighted by molar-refractivity contribution is 0.0876. The molecule has 5 heteroatoms. The molecule has 3 N–H and O–H groups in total. The first-order valence-electron chi connectivity index (χ1n) is 6.78. The van der Waals surface area contributed by atoms with Crippen LogP contribution in [0, 0.1) is 0 Å². The standard InChI is InChI=1S/C13H22N4O/c1-9-13(2,3-4-18-9)17-6-10-5-11-12(7-14-10)16-8-15-11/h8-10,14,17H,3-7H2,1-2H3,(H,15,16). The van der Waals surface area contributed by atoms with E-state index >= 15 is 0 Å². The van der Waals surface area contributed by atoms with Gasteiger partial charge in [-0.2, -0.15) is 0 Å². The quantitative estimate of drug-likeness (QED) is 0.734. The van der Waals surface area contributed by atoms with Crippen molar-refractivity contribution >= 4 is 0 Å². The topological polar surface area (TPSA) is 62.0 Å². The van der Waals surface area contributed by atoms with E-state index in [0.717, 1.165) is 32.5 Å². The minimum atomic E-state index is 0.119. The van der Waals surface area contributed by atoms with Crippen molar-refractivity contribution in [3.05, 3.63) is 17.7 Å². The lowest BCUT2D eigenvalue weighted by Gasteiger charge is -2.32. The van der Waals surface area contributed by atoms with E-state index < -0.39 is 0 Å². The van der Waals surface area contributed by atoms with Crippen LogP contribution in [-0.2, 0) is 17.7 Å². The average Bonchev–Trinajstić information content (AvgIpc) is 2.95. The molecule has 0 radical (unpaired) electrons. The second-order valence-corrected chi connectivity index (χ2v) is 5.67. The molecule has 3 rings (SSSR count). The molecule has 1 aromatic rings. The zero-order valence-corrected chi connectivity index (χ0v) is 11.1. The third-order valence-electron chi connectivity index (χ3n) is 4.45. The van der Waals surface area contributed by atoms with Crippen LogP contribution >= 0.6 is 0 Å². The number of hydrogen-bond acceptors (Lipinski definition) is 4. The minimum absolute atomic E-state index is 0.119. The zero-order chi connectivity index (χ0) is 12.6. The largest absolute Gasteiger partial charge is 0.377 e. The highest BCUT2D eigenvalue weighted by molar-refractivity contribution is 5.16. The fraction of sp³-hybridized carbons (Fsp3) is 0.769. The van der Waals surface area contributed by atoms with E-state index in [9.17, 15) is 0 Å². The molecule has 1 fully saturated rings. The molecule has 3 heterocycles. The Morgan fingerprint density at radius 1 is 1.61 bits per heavy atom. The van der Waals surface area contributed by atoms with E-state index in [1.54, 1.807) is 6.33 Å². The Bertz CT molecular complexity index is 419. The van der Waals surface area contributed by atoms with Crippen molar-refractivity contribution in [2.45, 2.75) is 50.9 Å². The number of imidazole rings is 1. The molecular weight excluding hydrogens is 228 g/mol. The summed E-state index contributed by atoms with van der Waals surface area (Å²) in [6, 6.07) is 0.463. The molecule has 18 heavy (non-hydrogen) atoms. The van der Waals surface area contributed by atoms with Crippen molar-refractivity contribution in [3.63, 3.8) is 0 Å². The van der Waals surface area contributed by atoms with Gasteiger partial charge in [0.1, 0.15) is 0 Å². The Kier molecular flexibility index (Phi) is 3.13. The maximum absolute atomic E-state index is 5.65. The molecule has 2 aliphatic heterocycles. The number of aromatic nitrogens is 2. The van der Waals surface area contributed by atoms with Crippen LogP contribution in [0.25, 0.3) is 0 Å². The summed E-state index contributed by atoms with van der Waals surface area (Å²) >= 11 is 0. The molecular formula is C13H22N4O. The predicted molar refractivity (Wildman–Crippen MR) is 69.4 cm³/mol. The van der Waals surface area contributed by atoms with E-state index in [0.29, 0.717) is 12.1 Å². The average molecular weight is 250 g/mol. The SMILES string of the molecule is CC1OCCC1(C)NCC1Cc2nc[nH]c2CN1. The predicted octanol–water partition coefficient (Wildman–Crippen LogP) is 0.581. The van der Waals surface area contributed by atoms with Gasteiger partial charge < -0.3 is 20.4 Å². The number of rotatable bonds is 3. The number of hydrogen-bond donors (Lipinski definition) is 3. The zero-order valence-electron chi connectivity index (χ0n) is 11.1. The van der Waals surface area contributed by atoms with Gasteiger partial charge in [-0.1, -0.05) is 0 Å². The van der Waals surface area contributed by atoms with Gasteiger partial charge in [0.05, 0.1) is 23.8 Å². The highest BCUT2D eigenvalue weighted by Crippen LogP contribution is 2.25. The van der Waals surface area contributed by atoms with Crippen LogP contribution in [-0.4, -0.2) is 40.8 Å². The van der Waals surface area contributed by atoms with Gasteiger partial charge in [0.15, 0.2) is 0 Å². The molecule has 100 valence electrons. The highest BCUT2D eigenvalue weighted by atomic mass is 16.5. The second-order valence-electron chi connectivity index (χ2n) is 5.67. The minimum Gasteiger partial charge on any atom is -0.377 e. The maximum atomic E-state index is 5.65. The summed E-state index contributed by atoms with van der Waals surface area (Å²) < 4.78 is 5.65. The lowest BCUT2D eigenvalue weighted by Crippen LogP contribution is -2.53. The van der Waals surface area contributed by atoms with Gasteiger partial charge in [0, 0.05) is 37.7 Å². The number of aromatic amines is 1. The van der Waals surface area contributed by atoms with Gasteiger partial charge in [-0.3, -0.25) is 0 Å². The molecule has 2 aliphatic rings. The molecule has 0 aliphatic carbocycles. The first-order chi connectivity index (χ1) is 8.67. The van der Waals surface area contributed by atoms with E-state index in [1.165, 1.54) is 11.4 Å². The maximum Gasteiger partial charge on any atom is 0.0925 e. The van der Waals surface area contributed by atoms with Crippen molar-refractivity contribution in [3.8, 4) is 0 Å². The van der Waals surface area contributed by atoms with Gasteiger partial charge in [-0.05, 0) is 20.3 Å². The highest BCUT2D eigenvalue weighted by Gasteiger charge is 2.37. The van der Waals surface area contributed by atoms with E-state index in [1.807, 2.05) is 0 Å². The summed E-state index contributed by atoms with van der Waals surface area (Å²) in [6.45, 7) is 7.14. The van der Waals surface area contributed by atoms with Crippen molar-refractivity contribution in [1.82, 2.24) is 20.6 Å². The number of nitrogens with zero attached hydrogens (tertiary/aromatic N) is 1. The molecule has 0 bridgehead atoms. The van der Waals surface area contributed by atoms with Gasteiger partial charge in [-0.15, -0.1) is 0 Å². The molecule has 0 amide bonds. The summed E-state index contributed by atoms with van der Waals surface area (Å²) in [4.78, 5) is 7.55. The number of ether oxygens (including phenoxy) is 1. The fourth-order valence-corrected chi connectivity index (χ4v) is 2.80. The first kappa shape index (κ1) is 12.1. The fourth-order valence-electron chi connectivity index (χ4n) is 2.80. The monoisotopic (exact) mass is 250 g/mol. The van der Waals surface area contributed by atoms with E-state index in [2.05, 4.69) is 34.4 Å². The molecule has 0 spiro atoms. The molecule has 1 saturated heterocycles. The Balaban J connectivity index is 1.56. The molecule has 1 aromatic heterocycles. The summed E-state index contributed by atoms with van der Waals surface area (Å²) in [5, 5.41) is 7.22. The third-order valence-corrected chi connectivity index (χ3v) is 4.45. The van der Waals surface area contributed by atoms with Gasteiger partial charge in [0.25, 0.3) is 0 Å². The van der Waals surface area contributed by atoms with Gasteiger partial charge >= 0.3 is 0 Å². The Hall–Kier alpha value is -0.910. The molecule has 0 aromatic carbocycles. The van der Waals surface area contributed by atoms with Crippen molar-refractivity contribution in [2.75, 3.05) is 13.2 Å². The number of fused-ring (bicyclic) bond motifs is 1. The van der Waals surface area contributed by atoms with Gasteiger partial charge in [0.2, 0.25) is 0 Å². The van der Waals surface area contributed by atoms with Gasteiger partial charge in [-0.25, -0.2) is 4.98 Å². The van der Waals surface area contributed by atoms with E-state index in [4.69, 9.17) is 4.74 Å². The Morgan fingerprint density at radius 2 is 2.50 bits per heavy atom. The third kappa shape index (κ3) is 2.18.